The zero-order valence-corrected chi connectivity index (χ0v) is 15.2. The van der Waals surface area contributed by atoms with Crippen molar-refractivity contribution in [2.45, 2.75) is 19.0 Å². The Morgan fingerprint density at radius 1 is 1.21 bits per heavy atom. The summed E-state index contributed by atoms with van der Waals surface area (Å²) in [7, 11) is 0. The van der Waals surface area contributed by atoms with Crippen molar-refractivity contribution in [1.29, 1.82) is 0 Å². The lowest BCUT2D eigenvalue weighted by molar-refractivity contribution is -0.113. The molecule has 1 N–H and O–H groups in total. The average Bonchev–Trinajstić information content (AvgIpc) is 2.92. The zero-order chi connectivity index (χ0) is 17.3. The molecule has 0 fully saturated rings. The first-order valence-electron chi connectivity index (χ1n) is 7.01. The number of nitrogens with one attached hydrogen (secondary N) is 1. The molecule has 1 amide bonds. The maximum absolute atomic E-state index is 12.0. The first-order valence-corrected chi connectivity index (χ1v) is 8.75. The van der Waals surface area contributed by atoms with Crippen molar-refractivity contribution in [1.82, 2.24) is 19.6 Å². The molecule has 0 bridgehead atoms. The standard InChI is InChI=1S/C15H13Cl2N5OS/c1-8-5-9(2)22-14(18-8)20-15(21-22)24-7-13(23)19-10-3-4-11(16)12(17)6-10/h3-6H,7H2,1-2H3,(H,19,23). The Labute approximate surface area is 152 Å². The van der Waals surface area contributed by atoms with E-state index in [1.165, 1.54) is 11.8 Å². The monoisotopic (exact) mass is 381 g/mol. The summed E-state index contributed by atoms with van der Waals surface area (Å²) in [6, 6.07) is 6.85. The zero-order valence-electron chi connectivity index (χ0n) is 12.9. The molecule has 0 aliphatic heterocycles. The van der Waals surface area contributed by atoms with Gasteiger partial charge in [-0.2, -0.15) is 4.98 Å². The molecular weight excluding hydrogens is 369 g/mol. The Balaban J connectivity index is 1.65. The van der Waals surface area contributed by atoms with E-state index in [1.807, 2.05) is 19.9 Å². The molecule has 0 atom stereocenters. The number of anilines is 1. The van der Waals surface area contributed by atoms with Crippen molar-refractivity contribution in [3.05, 3.63) is 45.7 Å². The summed E-state index contributed by atoms with van der Waals surface area (Å²) in [5.74, 6) is 0.521. The van der Waals surface area contributed by atoms with Gasteiger partial charge in [0.15, 0.2) is 0 Å². The molecule has 0 radical (unpaired) electrons. The molecule has 124 valence electrons. The molecule has 24 heavy (non-hydrogen) atoms. The van der Waals surface area contributed by atoms with E-state index in [0.29, 0.717) is 26.7 Å². The van der Waals surface area contributed by atoms with Gasteiger partial charge >= 0.3 is 0 Å². The van der Waals surface area contributed by atoms with E-state index in [0.717, 1.165) is 11.4 Å². The molecule has 0 saturated heterocycles. The predicted octanol–water partition coefficient (Wildman–Crippen LogP) is 3.78. The Bertz CT molecular complexity index is 928. The number of benzene rings is 1. The van der Waals surface area contributed by atoms with Crippen LogP contribution in [0.1, 0.15) is 11.4 Å². The van der Waals surface area contributed by atoms with Gasteiger partial charge in [-0.15, -0.1) is 5.10 Å². The molecule has 0 spiro atoms. The fourth-order valence-electron chi connectivity index (χ4n) is 2.11. The molecular formula is C15H13Cl2N5OS. The van der Waals surface area contributed by atoms with Crippen molar-refractivity contribution < 1.29 is 4.79 Å². The lowest BCUT2D eigenvalue weighted by atomic mass is 10.3. The van der Waals surface area contributed by atoms with Crippen LogP contribution in [0.15, 0.2) is 29.4 Å². The second-order valence-electron chi connectivity index (χ2n) is 5.11. The molecule has 0 aliphatic rings. The second-order valence-corrected chi connectivity index (χ2v) is 6.87. The Hall–Kier alpha value is -1.83. The quantitative estimate of drug-likeness (QED) is 0.696. The number of amides is 1. The highest BCUT2D eigenvalue weighted by Gasteiger charge is 2.11. The first kappa shape index (κ1) is 17.0. The van der Waals surface area contributed by atoms with Crippen LogP contribution in [-0.4, -0.2) is 31.2 Å². The first-order chi connectivity index (χ1) is 11.4. The Morgan fingerprint density at radius 2 is 2.00 bits per heavy atom. The van der Waals surface area contributed by atoms with Gasteiger partial charge < -0.3 is 5.32 Å². The fraction of sp³-hybridized carbons (Fsp3) is 0.200. The van der Waals surface area contributed by atoms with Crippen LogP contribution >= 0.6 is 35.0 Å². The van der Waals surface area contributed by atoms with E-state index in [9.17, 15) is 4.79 Å². The topological polar surface area (TPSA) is 72.2 Å². The van der Waals surface area contributed by atoms with Crippen LogP contribution in [0.2, 0.25) is 10.0 Å². The van der Waals surface area contributed by atoms with Crippen LogP contribution in [0.3, 0.4) is 0 Å². The number of fused-ring (bicyclic) bond motifs is 1. The van der Waals surface area contributed by atoms with Crippen molar-refractivity contribution in [2.24, 2.45) is 0 Å². The number of rotatable bonds is 4. The minimum Gasteiger partial charge on any atom is -0.325 e. The predicted molar refractivity (Wildman–Crippen MR) is 96.1 cm³/mol. The van der Waals surface area contributed by atoms with Crippen LogP contribution < -0.4 is 5.32 Å². The fourth-order valence-corrected chi connectivity index (χ4v) is 3.03. The smallest absolute Gasteiger partial charge is 0.253 e. The number of thioether (sulfide) groups is 1. The number of hydrogen-bond acceptors (Lipinski definition) is 5. The van der Waals surface area contributed by atoms with Gasteiger partial charge in [-0.3, -0.25) is 4.79 Å². The van der Waals surface area contributed by atoms with Gasteiger partial charge in [0.1, 0.15) is 0 Å². The third-order valence-electron chi connectivity index (χ3n) is 3.13. The SMILES string of the molecule is Cc1cc(C)n2nc(SCC(=O)Nc3ccc(Cl)c(Cl)c3)nc2n1. The highest BCUT2D eigenvalue weighted by atomic mass is 35.5. The van der Waals surface area contributed by atoms with Gasteiger partial charge in [-0.25, -0.2) is 9.50 Å². The normalized spacial score (nSPS) is 11.0. The minimum atomic E-state index is -0.182. The molecule has 2 aromatic heterocycles. The molecule has 0 aliphatic carbocycles. The largest absolute Gasteiger partial charge is 0.325 e. The molecule has 0 saturated carbocycles. The van der Waals surface area contributed by atoms with Gasteiger partial charge in [-0.05, 0) is 38.1 Å². The van der Waals surface area contributed by atoms with E-state index in [2.05, 4.69) is 20.4 Å². The summed E-state index contributed by atoms with van der Waals surface area (Å²) in [5, 5.41) is 8.43. The number of nitrogens with zero attached hydrogens (tertiary/aromatic N) is 4. The number of halogens is 2. The van der Waals surface area contributed by atoms with E-state index < -0.39 is 0 Å². The van der Waals surface area contributed by atoms with Crippen molar-refractivity contribution in [3.8, 4) is 0 Å². The molecule has 3 rings (SSSR count). The van der Waals surface area contributed by atoms with Crippen LogP contribution in [0, 0.1) is 13.8 Å². The number of carbonyl (C=O) groups is 1. The van der Waals surface area contributed by atoms with Gasteiger partial charge in [0.2, 0.25) is 11.1 Å². The lowest BCUT2D eigenvalue weighted by Gasteiger charge is -2.05. The highest BCUT2D eigenvalue weighted by Crippen LogP contribution is 2.25. The Morgan fingerprint density at radius 3 is 2.75 bits per heavy atom. The van der Waals surface area contributed by atoms with Crippen LogP contribution in [0.25, 0.3) is 5.78 Å². The summed E-state index contributed by atoms with van der Waals surface area (Å²) in [6.07, 6.45) is 0. The summed E-state index contributed by atoms with van der Waals surface area (Å²) in [5.41, 5.74) is 2.41. The van der Waals surface area contributed by atoms with Gasteiger partial charge in [0.25, 0.3) is 5.78 Å². The number of hydrogen-bond donors (Lipinski definition) is 1. The maximum Gasteiger partial charge on any atom is 0.253 e. The second kappa shape index (κ2) is 6.96. The summed E-state index contributed by atoms with van der Waals surface area (Å²) in [4.78, 5) is 20.7. The van der Waals surface area contributed by atoms with Gasteiger partial charge in [0.05, 0.1) is 15.8 Å². The average molecular weight is 382 g/mol. The number of aryl methyl sites for hydroxylation is 2. The van der Waals surface area contributed by atoms with E-state index in [4.69, 9.17) is 23.2 Å². The van der Waals surface area contributed by atoms with Crippen molar-refractivity contribution in [3.63, 3.8) is 0 Å². The summed E-state index contributed by atoms with van der Waals surface area (Å²) in [6.45, 7) is 3.83. The van der Waals surface area contributed by atoms with Crippen molar-refractivity contribution >= 4 is 52.3 Å². The molecule has 6 nitrogen and oxygen atoms in total. The van der Waals surface area contributed by atoms with Gasteiger partial charge in [0, 0.05) is 17.1 Å². The third-order valence-corrected chi connectivity index (χ3v) is 4.71. The Kier molecular flexibility index (Phi) is 4.93. The highest BCUT2D eigenvalue weighted by molar-refractivity contribution is 7.99. The maximum atomic E-state index is 12.0. The van der Waals surface area contributed by atoms with Crippen LogP contribution in [0.5, 0.6) is 0 Å². The van der Waals surface area contributed by atoms with Crippen LogP contribution in [-0.2, 0) is 4.79 Å². The molecule has 1 aromatic carbocycles. The third kappa shape index (κ3) is 3.80. The summed E-state index contributed by atoms with van der Waals surface area (Å²) >= 11 is 13.0. The van der Waals surface area contributed by atoms with E-state index >= 15 is 0 Å². The minimum absolute atomic E-state index is 0.176. The van der Waals surface area contributed by atoms with Gasteiger partial charge in [-0.1, -0.05) is 35.0 Å². The number of carbonyl (C=O) groups excluding carboxylic acids is 1. The van der Waals surface area contributed by atoms with Crippen LogP contribution in [0.4, 0.5) is 5.69 Å². The number of aromatic nitrogens is 4. The molecule has 0 unspecified atom stereocenters. The molecule has 9 heteroatoms. The molecule has 3 aromatic rings. The summed E-state index contributed by atoms with van der Waals surface area (Å²) < 4.78 is 1.66. The molecule has 2 heterocycles. The van der Waals surface area contributed by atoms with E-state index in [-0.39, 0.29) is 11.7 Å². The lowest BCUT2D eigenvalue weighted by Crippen LogP contribution is -2.14. The van der Waals surface area contributed by atoms with Crippen molar-refractivity contribution in [2.75, 3.05) is 11.1 Å². The van der Waals surface area contributed by atoms with E-state index in [1.54, 1.807) is 22.7 Å².